The lowest BCUT2D eigenvalue weighted by Gasteiger charge is -2.27. The molecule has 6 nitrogen and oxygen atoms in total. The van der Waals surface area contributed by atoms with E-state index in [2.05, 4.69) is 15.2 Å². The second-order valence-corrected chi connectivity index (χ2v) is 9.21. The van der Waals surface area contributed by atoms with Gasteiger partial charge in [-0.3, -0.25) is 10.1 Å². The molecule has 1 atom stereocenters. The number of hydrogen-bond donors (Lipinski definition) is 1. The zero-order chi connectivity index (χ0) is 18.3. The van der Waals surface area contributed by atoms with Crippen molar-refractivity contribution in [2.75, 3.05) is 18.1 Å². The summed E-state index contributed by atoms with van der Waals surface area (Å²) >= 11 is 6.07. The summed E-state index contributed by atoms with van der Waals surface area (Å²) in [5, 5.41) is 8.33. The molecule has 0 saturated carbocycles. The molecule has 8 heteroatoms. The predicted octanol–water partition coefficient (Wildman–Crippen LogP) is 3.33. The Morgan fingerprint density at radius 2 is 2.19 bits per heavy atom. The van der Waals surface area contributed by atoms with E-state index >= 15 is 0 Å². The van der Waals surface area contributed by atoms with E-state index in [1.807, 2.05) is 18.2 Å². The van der Waals surface area contributed by atoms with E-state index in [4.69, 9.17) is 16.3 Å². The first-order valence-electron chi connectivity index (χ1n) is 8.37. The maximum absolute atomic E-state index is 12.1. The predicted molar refractivity (Wildman–Crippen MR) is 101 cm³/mol. The number of benzene rings is 1. The molecule has 0 saturated heterocycles. The van der Waals surface area contributed by atoms with Gasteiger partial charge in [0.1, 0.15) is 5.15 Å². The highest BCUT2D eigenvalue weighted by Crippen LogP contribution is 2.35. The Morgan fingerprint density at radius 1 is 1.35 bits per heavy atom. The maximum atomic E-state index is 12.1. The second kappa shape index (κ2) is 6.64. The van der Waals surface area contributed by atoms with E-state index in [1.165, 1.54) is 0 Å². The van der Waals surface area contributed by atoms with Crippen molar-refractivity contribution in [3.63, 3.8) is 0 Å². The molecule has 0 aliphatic carbocycles. The van der Waals surface area contributed by atoms with Crippen LogP contribution in [0.1, 0.15) is 24.0 Å². The molecule has 2 aromatic heterocycles. The third-order valence-electron chi connectivity index (χ3n) is 4.81. The van der Waals surface area contributed by atoms with Crippen LogP contribution in [0.4, 0.5) is 0 Å². The van der Waals surface area contributed by atoms with Crippen molar-refractivity contribution in [2.24, 2.45) is 0 Å². The van der Waals surface area contributed by atoms with Gasteiger partial charge in [0.2, 0.25) is 0 Å². The first kappa shape index (κ1) is 17.5. The fourth-order valence-corrected chi connectivity index (χ4v) is 4.69. The number of nitrogens with zero attached hydrogens (tertiary/aromatic N) is 2. The minimum absolute atomic E-state index is 0.0790. The molecule has 26 heavy (non-hydrogen) atoms. The molecular formula is C18H18ClN3O3S. The Hall–Kier alpha value is -1.96. The third-order valence-corrected chi connectivity index (χ3v) is 6.89. The molecule has 1 aliphatic rings. The molecule has 136 valence electrons. The average molecular weight is 392 g/mol. The van der Waals surface area contributed by atoms with Crippen LogP contribution in [0.2, 0.25) is 5.15 Å². The molecular weight excluding hydrogens is 374 g/mol. The van der Waals surface area contributed by atoms with Crippen LogP contribution in [0, 0.1) is 0 Å². The van der Waals surface area contributed by atoms with Gasteiger partial charge in [0.15, 0.2) is 9.84 Å². The van der Waals surface area contributed by atoms with Gasteiger partial charge >= 0.3 is 0 Å². The van der Waals surface area contributed by atoms with Crippen molar-refractivity contribution in [3.05, 3.63) is 46.9 Å². The number of ether oxygens (including phenoxy) is 1. The normalized spacial score (nSPS) is 17.4. The summed E-state index contributed by atoms with van der Waals surface area (Å²) in [6.07, 6.45) is 3.55. The number of hydrogen-bond acceptors (Lipinski definition) is 5. The van der Waals surface area contributed by atoms with E-state index in [0.717, 1.165) is 33.2 Å². The van der Waals surface area contributed by atoms with Gasteiger partial charge in [-0.25, -0.2) is 8.42 Å². The Balaban J connectivity index is 1.78. The molecule has 1 aliphatic heterocycles. The Labute approximate surface area is 156 Å². The summed E-state index contributed by atoms with van der Waals surface area (Å²) in [4.78, 5) is 4.36. The highest BCUT2D eigenvalue weighted by atomic mass is 35.5. The summed E-state index contributed by atoms with van der Waals surface area (Å²) in [6, 6.07) is 5.83. The number of sulfone groups is 1. The van der Waals surface area contributed by atoms with Crippen LogP contribution in [-0.2, 0) is 21.2 Å². The number of aromatic nitrogens is 3. The number of halogens is 1. The Morgan fingerprint density at radius 3 is 3.00 bits per heavy atom. The van der Waals surface area contributed by atoms with Crippen molar-refractivity contribution in [1.82, 2.24) is 15.2 Å². The number of pyridine rings is 1. The van der Waals surface area contributed by atoms with E-state index in [1.54, 1.807) is 19.3 Å². The van der Waals surface area contributed by atoms with Crippen molar-refractivity contribution >= 4 is 32.3 Å². The van der Waals surface area contributed by atoms with Crippen molar-refractivity contribution in [2.45, 2.75) is 19.4 Å². The van der Waals surface area contributed by atoms with Crippen LogP contribution < -0.4 is 0 Å². The van der Waals surface area contributed by atoms with E-state index < -0.39 is 9.84 Å². The van der Waals surface area contributed by atoms with Crippen LogP contribution in [0.25, 0.3) is 22.0 Å². The molecule has 3 aromatic rings. The van der Waals surface area contributed by atoms with E-state index in [-0.39, 0.29) is 17.4 Å². The number of fused-ring (bicyclic) bond motifs is 2. The zero-order valence-electron chi connectivity index (χ0n) is 14.2. The first-order chi connectivity index (χ1) is 12.5. The third kappa shape index (κ3) is 3.11. The monoisotopic (exact) mass is 391 g/mol. The molecule has 1 N–H and O–H groups in total. The van der Waals surface area contributed by atoms with Gasteiger partial charge in [-0.1, -0.05) is 24.6 Å². The summed E-state index contributed by atoms with van der Waals surface area (Å²) in [5.74, 6) is 0.0118. The van der Waals surface area contributed by atoms with Crippen LogP contribution in [0.5, 0.6) is 0 Å². The van der Waals surface area contributed by atoms with Crippen LogP contribution >= 0.6 is 11.6 Å². The summed E-state index contributed by atoms with van der Waals surface area (Å²) < 4.78 is 29.9. The standard InChI is InChI=1S/C18H18ClN3O3S/c1-2-26(23,24)10-12-8-25-9-16-14(6-20-7-15(12)16)11-3-4-13-17(5-11)21-22-18(13)19/h3-7,12H,2,8-10H2,1H3,(H,21,22). The maximum Gasteiger partial charge on any atom is 0.150 e. The minimum Gasteiger partial charge on any atom is -0.376 e. The zero-order valence-corrected chi connectivity index (χ0v) is 15.8. The summed E-state index contributed by atoms with van der Waals surface area (Å²) in [5.41, 5.74) is 4.59. The molecule has 4 rings (SSSR count). The molecule has 0 spiro atoms. The van der Waals surface area contributed by atoms with E-state index in [0.29, 0.717) is 18.4 Å². The molecule has 0 bridgehead atoms. The Kier molecular flexibility index (Phi) is 4.46. The number of aromatic amines is 1. The van der Waals surface area contributed by atoms with Gasteiger partial charge in [-0.2, -0.15) is 5.10 Å². The highest BCUT2D eigenvalue weighted by Gasteiger charge is 2.27. The van der Waals surface area contributed by atoms with E-state index in [9.17, 15) is 8.42 Å². The van der Waals surface area contributed by atoms with Gasteiger partial charge in [-0.05, 0) is 28.8 Å². The summed E-state index contributed by atoms with van der Waals surface area (Å²) in [7, 11) is -3.10. The lowest BCUT2D eigenvalue weighted by atomic mass is 9.90. The van der Waals surface area contributed by atoms with Crippen LogP contribution in [0.3, 0.4) is 0 Å². The van der Waals surface area contributed by atoms with Gasteiger partial charge in [0.25, 0.3) is 0 Å². The first-order valence-corrected chi connectivity index (χ1v) is 10.6. The van der Waals surface area contributed by atoms with Crippen molar-refractivity contribution in [1.29, 1.82) is 0 Å². The SMILES string of the molecule is CCS(=O)(=O)CC1COCc2c(-c3ccc4c(Cl)[nH]nc4c3)cncc21. The van der Waals surface area contributed by atoms with Crippen molar-refractivity contribution < 1.29 is 13.2 Å². The lowest BCUT2D eigenvalue weighted by Crippen LogP contribution is -2.25. The highest BCUT2D eigenvalue weighted by molar-refractivity contribution is 7.91. The molecule has 1 aromatic carbocycles. The van der Waals surface area contributed by atoms with Gasteiger partial charge in [-0.15, -0.1) is 0 Å². The quantitative estimate of drug-likeness (QED) is 0.737. The largest absolute Gasteiger partial charge is 0.376 e. The molecule has 0 amide bonds. The van der Waals surface area contributed by atoms with Crippen LogP contribution in [0.15, 0.2) is 30.6 Å². The van der Waals surface area contributed by atoms with Gasteiger partial charge < -0.3 is 4.74 Å². The van der Waals surface area contributed by atoms with Gasteiger partial charge in [0, 0.05) is 35.0 Å². The fraction of sp³-hybridized carbons (Fsp3) is 0.333. The molecule has 0 radical (unpaired) electrons. The minimum atomic E-state index is -3.10. The topological polar surface area (TPSA) is 84.9 Å². The van der Waals surface area contributed by atoms with Crippen molar-refractivity contribution in [3.8, 4) is 11.1 Å². The molecule has 3 heterocycles. The summed E-state index contributed by atoms with van der Waals surface area (Å²) in [6.45, 7) is 2.50. The van der Waals surface area contributed by atoms with Gasteiger partial charge in [0.05, 0.1) is 24.5 Å². The Bertz CT molecular complexity index is 1080. The fourth-order valence-electron chi connectivity index (χ4n) is 3.37. The average Bonchev–Trinajstić information content (AvgIpc) is 3.02. The van der Waals surface area contributed by atoms with Crippen LogP contribution in [-0.4, -0.2) is 41.7 Å². The second-order valence-electron chi connectivity index (χ2n) is 6.44. The smallest absolute Gasteiger partial charge is 0.150 e. The lowest BCUT2D eigenvalue weighted by molar-refractivity contribution is 0.0958. The number of rotatable bonds is 4. The number of nitrogens with one attached hydrogen (secondary N) is 1. The number of H-pyrrole nitrogens is 1. The molecule has 0 fully saturated rings. The molecule has 1 unspecified atom stereocenters.